The van der Waals surface area contributed by atoms with Gasteiger partial charge in [0.25, 0.3) is 0 Å². The van der Waals surface area contributed by atoms with Crippen molar-refractivity contribution in [3.63, 3.8) is 0 Å². The van der Waals surface area contributed by atoms with Crippen LogP contribution in [-0.2, 0) is 23.8 Å². The molecule has 1 rings (SSSR count). The third kappa shape index (κ3) is 10.4. The Balaban J connectivity index is 2.80. The largest absolute Gasteiger partial charge is 0.495 e. The number of benzene rings is 1. The molecule has 0 bridgehead atoms. The minimum atomic E-state index is -0.315. The molecule has 1 aromatic carbocycles. The molecule has 1 aromatic rings. The van der Waals surface area contributed by atoms with E-state index in [1.165, 1.54) is 6.92 Å². The van der Waals surface area contributed by atoms with Crippen molar-refractivity contribution < 1.29 is 23.8 Å². The summed E-state index contributed by atoms with van der Waals surface area (Å²) in [5.41, 5.74) is 1.68. The number of carbonyl (C=O) groups excluding carboxylic acids is 2. The van der Waals surface area contributed by atoms with Crippen LogP contribution in [0.15, 0.2) is 54.5 Å². The average molecular weight is 484 g/mol. The molecule has 0 amide bonds. The highest BCUT2D eigenvalue weighted by Crippen LogP contribution is 2.27. The van der Waals surface area contributed by atoms with Crippen molar-refractivity contribution in [2.75, 3.05) is 40.5 Å². The van der Waals surface area contributed by atoms with Gasteiger partial charge in [-0.25, -0.2) is 0 Å². The molecule has 0 aliphatic heterocycles. The Kier molecular flexibility index (Phi) is 13.5. The van der Waals surface area contributed by atoms with Crippen molar-refractivity contribution >= 4 is 35.5 Å². The molecule has 0 aliphatic carbocycles. The van der Waals surface area contributed by atoms with E-state index in [1.807, 2.05) is 30.2 Å². The topological polar surface area (TPSA) is 65.1 Å². The van der Waals surface area contributed by atoms with Crippen LogP contribution in [-0.4, -0.2) is 57.7 Å². The van der Waals surface area contributed by atoms with Crippen LogP contribution in [0.4, 0.5) is 0 Å². The van der Waals surface area contributed by atoms with Crippen LogP contribution in [0.1, 0.15) is 31.2 Å². The zero-order chi connectivity index (χ0) is 23.9. The van der Waals surface area contributed by atoms with E-state index in [1.54, 1.807) is 25.3 Å². The van der Waals surface area contributed by atoms with Gasteiger partial charge in [-0.15, -0.1) is 0 Å². The molecule has 176 valence electrons. The fourth-order valence-corrected chi connectivity index (χ4v) is 3.14. The van der Waals surface area contributed by atoms with Crippen LogP contribution in [0.25, 0.3) is 0 Å². The van der Waals surface area contributed by atoms with Crippen molar-refractivity contribution in [3.05, 3.63) is 70.1 Å². The monoisotopic (exact) mass is 483 g/mol. The first-order chi connectivity index (χ1) is 15.3. The molecule has 1 atom stereocenters. The number of allylic oxidation sites excluding steroid dienone is 3. The molecule has 0 radical (unpaired) electrons. The Bertz CT molecular complexity index is 823. The number of halogens is 2. The van der Waals surface area contributed by atoms with Crippen LogP contribution in [0, 0.1) is 0 Å². The predicted molar refractivity (Wildman–Crippen MR) is 128 cm³/mol. The second-order valence-corrected chi connectivity index (χ2v) is 7.85. The third-order valence-electron chi connectivity index (χ3n) is 4.52. The lowest BCUT2D eigenvalue weighted by Gasteiger charge is -2.23. The van der Waals surface area contributed by atoms with E-state index in [9.17, 15) is 9.59 Å². The fraction of sp³-hybridized carbons (Fsp3) is 0.417. The molecular weight excluding hydrogens is 453 g/mol. The predicted octanol–water partition coefficient (Wildman–Crippen LogP) is 5.17. The van der Waals surface area contributed by atoms with Gasteiger partial charge < -0.3 is 23.9 Å². The van der Waals surface area contributed by atoms with Crippen molar-refractivity contribution in [2.24, 2.45) is 0 Å². The maximum Gasteiger partial charge on any atom is 0.302 e. The number of aldehydes is 1. The summed E-state index contributed by atoms with van der Waals surface area (Å²) in [7, 11) is 3.51. The molecule has 0 heterocycles. The van der Waals surface area contributed by atoms with Gasteiger partial charge in [-0.1, -0.05) is 41.9 Å². The zero-order valence-electron chi connectivity index (χ0n) is 18.8. The first-order valence-corrected chi connectivity index (χ1v) is 11.0. The lowest BCUT2D eigenvalue weighted by Crippen LogP contribution is -2.21. The fourth-order valence-electron chi connectivity index (χ4n) is 2.83. The van der Waals surface area contributed by atoms with E-state index >= 15 is 0 Å². The van der Waals surface area contributed by atoms with Crippen LogP contribution < -0.4 is 0 Å². The van der Waals surface area contributed by atoms with Gasteiger partial charge in [-0.3, -0.25) is 4.79 Å². The maximum atomic E-state index is 11.7. The Morgan fingerprint density at radius 2 is 1.94 bits per heavy atom. The number of hydrogen-bond donors (Lipinski definition) is 0. The maximum absolute atomic E-state index is 11.7. The normalized spacial score (nSPS) is 12.8. The molecule has 0 N–H and O–H groups in total. The molecule has 32 heavy (non-hydrogen) atoms. The van der Waals surface area contributed by atoms with E-state index < -0.39 is 0 Å². The molecule has 0 saturated heterocycles. The SMILES string of the molecule is C=C/C=C(\C=C(/COC)OCCCOC(C)=O)N(C)CCC(C=O)c1ccc(Cl)c(Cl)c1. The Labute approximate surface area is 200 Å². The summed E-state index contributed by atoms with van der Waals surface area (Å²) < 4.78 is 15.9. The summed E-state index contributed by atoms with van der Waals surface area (Å²) in [4.78, 5) is 24.5. The molecule has 0 spiro atoms. The smallest absolute Gasteiger partial charge is 0.302 e. The Hall–Kier alpha value is -2.28. The molecule has 0 aliphatic rings. The number of likely N-dealkylation sites (N-methyl/N-ethyl adjacent to an activating group) is 1. The highest BCUT2D eigenvalue weighted by molar-refractivity contribution is 6.42. The summed E-state index contributed by atoms with van der Waals surface area (Å²) in [6.07, 6.45) is 7.48. The van der Waals surface area contributed by atoms with Gasteiger partial charge >= 0.3 is 5.97 Å². The average Bonchev–Trinajstić information content (AvgIpc) is 2.75. The van der Waals surface area contributed by atoms with Gasteiger partial charge in [0.2, 0.25) is 0 Å². The Morgan fingerprint density at radius 1 is 1.22 bits per heavy atom. The Morgan fingerprint density at radius 3 is 2.53 bits per heavy atom. The number of esters is 1. The number of ether oxygens (including phenoxy) is 3. The second-order valence-electron chi connectivity index (χ2n) is 7.04. The number of rotatable bonds is 15. The van der Waals surface area contributed by atoms with Gasteiger partial charge in [-0.05, 0) is 30.2 Å². The minimum absolute atomic E-state index is 0.288. The van der Waals surface area contributed by atoms with E-state index in [4.69, 9.17) is 37.4 Å². The molecule has 6 nitrogen and oxygen atoms in total. The summed E-state index contributed by atoms with van der Waals surface area (Å²) in [6.45, 7) is 6.73. The number of carbonyl (C=O) groups is 2. The molecule has 0 fully saturated rings. The quantitative estimate of drug-likeness (QED) is 0.113. The molecule has 1 unspecified atom stereocenters. The van der Waals surface area contributed by atoms with Gasteiger partial charge in [-0.2, -0.15) is 0 Å². The van der Waals surface area contributed by atoms with Crippen molar-refractivity contribution in [3.8, 4) is 0 Å². The van der Waals surface area contributed by atoms with Crippen LogP contribution in [0.5, 0.6) is 0 Å². The van der Waals surface area contributed by atoms with Crippen LogP contribution in [0.3, 0.4) is 0 Å². The summed E-state index contributed by atoms with van der Waals surface area (Å²) >= 11 is 12.1. The molecule has 8 heteroatoms. The second kappa shape index (κ2) is 15.5. The third-order valence-corrected chi connectivity index (χ3v) is 5.26. The molecular formula is C24H31Cl2NO5. The van der Waals surface area contributed by atoms with E-state index in [-0.39, 0.29) is 18.5 Å². The van der Waals surface area contributed by atoms with Crippen LogP contribution in [0.2, 0.25) is 10.0 Å². The standard InChI is InChI=1S/C24H31Cl2NO5/c1-5-7-21(15-22(17-30-4)32-13-6-12-31-18(2)29)27(3)11-10-20(16-28)19-8-9-23(25)24(26)14-19/h5,7-9,14-16,20H,1,6,10-13,17H2,2-4H3/b21-7+,22-15+. The van der Waals surface area contributed by atoms with E-state index in [0.29, 0.717) is 48.4 Å². The van der Waals surface area contributed by atoms with Crippen molar-refractivity contribution in [1.29, 1.82) is 0 Å². The van der Waals surface area contributed by atoms with Gasteiger partial charge in [0, 0.05) is 51.7 Å². The first-order valence-electron chi connectivity index (χ1n) is 10.2. The highest BCUT2D eigenvalue weighted by atomic mass is 35.5. The lowest BCUT2D eigenvalue weighted by molar-refractivity contribution is -0.141. The van der Waals surface area contributed by atoms with Crippen molar-refractivity contribution in [1.82, 2.24) is 4.90 Å². The summed E-state index contributed by atoms with van der Waals surface area (Å²) in [6, 6.07) is 5.23. The zero-order valence-corrected chi connectivity index (χ0v) is 20.3. The van der Waals surface area contributed by atoms with Crippen LogP contribution >= 0.6 is 23.2 Å². The number of hydrogen-bond acceptors (Lipinski definition) is 6. The van der Waals surface area contributed by atoms with E-state index in [2.05, 4.69) is 6.58 Å². The summed E-state index contributed by atoms with van der Waals surface area (Å²) in [5.74, 6) is 0.00817. The first kappa shape index (κ1) is 27.8. The molecule has 0 saturated carbocycles. The molecule has 0 aromatic heterocycles. The summed E-state index contributed by atoms with van der Waals surface area (Å²) in [5, 5.41) is 0.881. The van der Waals surface area contributed by atoms with Gasteiger partial charge in [0.05, 0.1) is 23.3 Å². The van der Waals surface area contributed by atoms with Gasteiger partial charge in [0.1, 0.15) is 18.7 Å². The van der Waals surface area contributed by atoms with E-state index in [0.717, 1.165) is 17.5 Å². The minimum Gasteiger partial charge on any atom is -0.495 e. The van der Waals surface area contributed by atoms with Gasteiger partial charge in [0.15, 0.2) is 0 Å². The lowest BCUT2D eigenvalue weighted by atomic mass is 9.97. The van der Waals surface area contributed by atoms with Crippen molar-refractivity contribution in [2.45, 2.75) is 25.7 Å². The number of nitrogens with zero attached hydrogens (tertiary/aromatic N) is 1. The number of methoxy groups -OCH3 is 1. The highest BCUT2D eigenvalue weighted by Gasteiger charge is 2.14.